The average Bonchev–Trinajstić information content (AvgIpc) is 2.83. The van der Waals surface area contributed by atoms with Crippen LogP contribution in [0.4, 0.5) is 5.82 Å². The molecule has 1 aliphatic heterocycles. The van der Waals surface area contributed by atoms with Crippen molar-refractivity contribution in [2.75, 3.05) is 32.1 Å². The van der Waals surface area contributed by atoms with Crippen LogP contribution in [0, 0.1) is 6.92 Å². The van der Waals surface area contributed by atoms with Crippen molar-refractivity contribution in [3.8, 4) is 0 Å². The molecule has 6 nitrogen and oxygen atoms in total. The molecule has 0 aliphatic carbocycles. The zero-order valence-corrected chi connectivity index (χ0v) is 12.4. The van der Waals surface area contributed by atoms with Crippen LogP contribution in [0.3, 0.4) is 0 Å². The summed E-state index contributed by atoms with van der Waals surface area (Å²) in [5.41, 5.74) is 7.33. The van der Waals surface area contributed by atoms with Gasteiger partial charge >= 0.3 is 0 Å². The van der Waals surface area contributed by atoms with Gasteiger partial charge in [0.05, 0.1) is 5.56 Å². The number of nitrogens with zero attached hydrogens (tertiary/aromatic N) is 4. The molecule has 6 heteroatoms. The lowest BCUT2D eigenvalue weighted by Gasteiger charge is -2.28. The lowest BCUT2D eigenvalue weighted by Crippen LogP contribution is -2.38. The lowest BCUT2D eigenvalue weighted by atomic mass is 10.1. The highest BCUT2D eigenvalue weighted by molar-refractivity contribution is 6.01. The summed E-state index contributed by atoms with van der Waals surface area (Å²) < 4.78 is 0. The van der Waals surface area contributed by atoms with E-state index in [1.807, 2.05) is 26.1 Å². The van der Waals surface area contributed by atoms with E-state index in [2.05, 4.69) is 27.0 Å². The van der Waals surface area contributed by atoms with Gasteiger partial charge in [-0.1, -0.05) is 5.16 Å². The van der Waals surface area contributed by atoms with Crippen LogP contribution in [-0.2, 0) is 0 Å². The second kappa shape index (κ2) is 6.09. The molecule has 1 aromatic rings. The van der Waals surface area contributed by atoms with Gasteiger partial charge < -0.3 is 20.7 Å². The second-order valence-corrected chi connectivity index (χ2v) is 5.47. The maximum Gasteiger partial charge on any atom is 0.173 e. The van der Waals surface area contributed by atoms with Crippen LogP contribution in [0.5, 0.6) is 0 Å². The minimum atomic E-state index is 0.0964. The number of pyridine rings is 1. The molecule has 0 bridgehead atoms. The first-order chi connectivity index (χ1) is 9.52. The molecule has 1 unspecified atom stereocenters. The molecule has 20 heavy (non-hydrogen) atoms. The standard InChI is InChI=1S/C14H23N5O/c1-10-6-7-12(13(15)17-20)14(16-10)19(3)9-11-5-4-8-18(11)2/h6-7,11,20H,4-5,8-9H2,1-3H3,(H2,15,17). The van der Waals surface area contributed by atoms with Gasteiger partial charge in [0.25, 0.3) is 0 Å². The zero-order valence-electron chi connectivity index (χ0n) is 12.4. The van der Waals surface area contributed by atoms with Crippen molar-refractivity contribution in [2.24, 2.45) is 10.9 Å². The van der Waals surface area contributed by atoms with Crippen LogP contribution in [-0.4, -0.2) is 54.2 Å². The van der Waals surface area contributed by atoms with E-state index in [0.717, 1.165) is 24.6 Å². The van der Waals surface area contributed by atoms with Crippen molar-refractivity contribution in [2.45, 2.75) is 25.8 Å². The number of oxime groups is 1. The summed E-state index contributed by atoms with van der Waals surface area (Å²) >= 11 is 0. The van der Waals surface area contributed by atoms with Gasteiger partial charge in [-0.25, -0.2) is 4.98 Å². The van der Waals surface area contributed by atoms with Crippen molar-refractivity contribution in [3.63, 3.8) is 0 Å². The van der Waals surface area contributed by atoms with Crippen LogP contribution in [0.1, 0.15) is 24.1 Å². The number of likely N-dealkylation sites (N-methyl/N-ethyl adjacent to an activating group) is 2. The monoisotopic (exact) mass is 277 g/mol. The first-order valence-corrected chi connectivity index (χ1v) is 6.90. The maximum absolute atomic E-state index is 8.90. The number of hydrogen-bond acceptors (Lipinski definition) is 5. The van der Waals surface area contributed by atoms with Crippen molar-refractivity contribution in [3.05, 3.63) is 23.4 Å². The second-order valence-electron chi connectivity index (χ2n) is 5.47. The highest BCUT2D eigenvalue weighted by Crippen LogP contribution is 2.21. The predicted octanol–water partition coefficient (Wildman–Crippen LogP) is 1.01. The Morgan fingerprint density at radius 2 is 2.35 bits per heavy atom. The Bertz CT molecular complexity index is 502. The van der Waals surface area contributed by atoms with Crippen LogP contribution < -0.4 is 10.6 Å². The van der Waals surface area contributed by atoms with E-state index < -0.39 is 0 Å². The van der Waals surface area contributed by atoms with Crippen LogP contribution in [0.2, 0.25) is 0 Å². The van der Waals surface area contributed by atoms with Crippen LogP contribution in [0.15, 0.2) is 17.3 Å². The number of rotatable bonds is 4. The Kier molecular flexibility index (Phi) is 4.44. The molecular weight excluding hydrogens is 254 g/mol. The number of aryl methyl sites for hydroxylation is 1. The SMILES string of the molecule is Cc1ccc(C(N)=NO)c(N(C)CC2CCCN2C)n1. The number of anilines is 1. The maximum atomic E-state index is 8.90. The summed E-state index contributed by atoms with van der Waals surface area (Å²) in [5.74, 6) is 0.861. The molecule has 0 radical (unpaired) electrons. The van der Waals surface area contributed by atoms with Gasteiger partial charge in [-0.2, -0.15) is 0 Å². The fourth-order valence-electron chi connectivity index (χ4n) is 2.70. The summed E-state index contributed by atoms with van der Waals surface area (Å²) in [6.45, 7) is 3.97. The van der Waals surface area contributed by atoms with Crippen LogP contribution in [0.25, 0.3) is 0 Å². The van der Waals surface area contributed by atoms with Gasteiger partial charge in [0.2, 0.25) is 0 Å². The summed E-state index contributed by atoms with van der Waals surface area (Å²) in [4.78, 5) is 9.01. The molecule has 1 fully saturated rings. The molecule has 0 amide bonds. The smallest absolute Gasteiger partial charge is 0.173 e. The summed E-state index contributed by atoms with van der Waals surface area (Å²) in [5, 5.41) is 12.0. The number of amidine groups is 1. The van der Waals surface area contributed by atoms with Gasteiger partial charge in [0, 0.05) is 25.3 Å². The quantitative estimate of drug-likeness (QED) is 0.372. The van der Waals surface area contributed by atoms with Crippen molar-refractivity contribution >= 4 is 11.7 Å². The predicted molar refractivity (Wildman–Crippen MR) is 80.4 cm³/mol. The number of nitrogens with two attached hydrogens (primary N) is 1. The topological polar surface area (TPSA) is 78.0 Å². The van der Waals surface area contributed by atoms with E-state index in [1.165, 1.54) is 12.8 Å². The molecule has 3 N–H and O–H groups in total. The van der Waals surface area contributed by atoms with Gasteiger partial charge in [0.1, 0.15) is 5.82 Å². The average molecular weight is 277 g/mol. The highest BCUT2D eigenvalue weighted by atomic mass is 16.4. The summed E-state index contributed by atoms with van der Waals surface area (Å²) in [6.07, 6.45) is 2.44. The summed E-state index contributed by atoms with van der Waals surface area (Å²) in [7, 11) is 4.15. The van der Waals surface area contributed by atoms with E-state index in [4.69, 9.17) is 10.9 Å². The van der Waals surface area contributed by atoms with Crippen molar-refractivity contribution in [1.82, 2.24) is 9.88 Å². The fraction of sp³-hybridized carbons (Fsp3) is 0.571. The Hall–Kier alpha value is -1.82. The van der Waals surface area contributed by atoms with Gasteiger partial charge in [-0.15, -0.1) is 0 Å². The Labute approximate surface area is 119 Å². The molecule has 0 saturated carbocycles. The molecular formula is C14H23N5O. The van der Waals surface area contributed by atoms with Crippen molar-refractivity contribution < 1.29 is 5.21 Å². The molecule has 110 valence electrons. The molecule has 1 saturated heterocycles. The van der Waals surface area contributed by atoms with E-state index in [-0.39, 0.29) is 5.84 Å². The highest BCUT2D eigenvalue weighted by Gasteiger charge is 2.24. The molecule has 1 atom stereocenters. The largest absolute Gasteiger partial charge is 0.409 e. The minimum absolute atomic E-state index is 0.0964. The third kappa shape index (κ3) is 3.01. The molecule has 0 aromatic carbocycles. The minimum Gasteiger partial charge on any atom is -0.409 e. The normalized spacial score (nSPS) is 20.4. The first kappa shape index (κ1) is 14.6. The van der Waals surface area contributed by atoms with Crippen molar-refractivity contribution in [1.29, 1.82) is 0 Å². The molecule has 1 aliphatic rings. The Morgan fingerprint density at radius 3 is 2.95 bits per heavy atom. The number of likely N-dealkylation sites (tertiary alicyclic amines) is 1. The van der Waals surface area contributed by atoms with E-state index in [0.29, 0.717) is 11.6 Å². The molecule has 1 aromatic heterocycles. The van der Waals surface area contributed by atoms with E-state index >= 15 is 0 Å². The van der Waals surface area contributed by atoms with Gasteiger partial charge in [0.15, 0.2) is 5.84 Å². The number of hydrogen-bond donors (Lipinski definition) is 2. The van der Waals surface area contributed by atoms with Gasteiger partial charge in [-0.3, -0.25) is 0 Å². The zero-order chi connectivity index (χ0) is 14.7. The molecule has 0 spiro atoms. The van der Waals surface area contributed by atoms with Crippen LogP contribution >= 0.6 is 0 Å². The van der Waals surface area contributed by atoms with E-state index in [1.54, 1.807) is 0 Å². The Morgan fingerprint density at radius 1 is 1.60 bits per heavy atom. The van der Waals surface area contributed by atoms with Gasteiger partial charge in [-0.05, 0) is 45.5 Å². The third-order valence-corrected chi connectivity index (χ3v) is 3.92. The summed E-state index contributed by atoms with van der Waals surface area (Å²) in [6, 6.07) is 4.25. The lowest BCUT2D eigenvalue weighted by molar-refractivity contribution is 0.313. The fourth-order valence-corrected chi connectivity index (χ4v) is 2.70. The first-order valence-electron chi connectivity index (χ1n) is 6.90. The molecule has 2 rings (SSSR count). The third-order valence-electron chi connectivity index (χ3n) is 3.92. The molecule has 2 heterocycles. The number of aromatic nitrogens is 1. The Balaban J connectivity index is 2.23. The van der Waals surface area contributed by atoms with E-state index in [9.17, 15) is 0 Å².